The van der Waals surface area contributed by atoms with Crippen molar-refractivity contribution in [3.8, 4) is 0 Å². The van der Waals surface area contributed by atoms with Gasteiger partial charge in [-0.15, -0.1) is 0 Å². The molecule has 0 spiro atoms. The van der Waals surface area contributed by atoms with Crippen LogP contribution in [0.15, 0.2) is 54.6 Å². The van der Waals surface area contributed by atoms with Crippen molar-refractivity contribution in [1.29, 1.82) is 0 Å². The molecule has 2 aliphatic rings. The van der Waals surface area contributed by atoms with Crippen LogP contribution in [-0.2, 0) is 11.3 Å². The second kappa shape index (κ2) is 8.05. The van der Waals surface area contributed by atoms with Gasteiger partial charge < -0.3 is 10.2 Å². The first kappa shape index (κ1) is 17.3. The molecule has 0 radical (unpaired) electrons. The number of carbonyl (C=O) groups excluding carboxylic acids is 1. The van der Waals surface area contributed by atoms with Gasteiger partial charge in [-0.25, -0.2) is 0 Å². The molecule has 0 bridgehead atoms. The van der Waals surface area contributed by atoms with E-state index in [4.69, 9.17) is 0 Å². The average molecular weight is 348 g/mol. The maximum absolute atomic E-state index is 12.9. The summed E-state index contributed by atoms with van der Waals surface area (Å²) in [7, 11) is 0. The molecule has 2 fully saturated rings. The Morgan fingerprint density at radius 2 is 1.62 bits per heavy atom. The lowest BCUT2D eigenvalue weighted by Gasteiger charge is -2.33. The first-order valence-corrected chi connectivity index (χ1v) is 10.00. The van der Waals surface area contributed by atoms with E-state index < -0.39 is 0 Å². The van der Waals surface area contributed by atoms with Crippen LogP contribution in [0.2, 0.25) is 0 Å². The predicted octanol–water partition coefficient (Wildman–Crippen LogP) is 4.63. The van der Waals surface area contributed by atoms with Gasteiger partial charge in [-0.05, 0) is 55.0 Å². The largest absolute Gasteiger partial charge is 0.307 e. The molecule has 1 saturated carbocycles. The smallest absolute Gasteiger partial charge is 0.244 e. The molecular weight excluding hydrogens is 320 g/mol. The van der Waals surface area contributed by atoms with E-state index in [1.54, 1.807) is 0 Å². The molecule has 3 heteroatoms. The Morgan fingerprint density at radius 3 is 2.23 bits per heavy atom. The van der Waals surface area contributed by atoms with Crippen molar-refractivity contribution in [3.63, 3.8) is 0 Å². The van der Waals surface area contributed by atoms with Crippen LogP contribution in [0.25, 0.3) is 0 Å². The fourth-order valence-corrected chi connectivity index (χ4v) is 4.11. The monoisotopic (exact) mass is 348 g/mol. The molecule has 1 aliphatic carbocycles. The van der Waals surface area contributed by atoms with E-state index in [2.05, 4.69) is 29.6 Å². The van der Waals surface area contributed by atoms with Gasteiger partial charge in [0.2, 0.25) is 5.91 Å². The number of carbonyl (C=O) groups is 1. The van der Waals surface area contributed by atoms with E-state index in [9.17, 15) is 4.79 Å². The van der Waals surface area contributed by atoms with Crippen molar-refractivity contribution < 1.29 is 4.79 Å². The number of anilines is 1. The SMILES string of the molecule is O=C([C@H]1CCN1)N(Cc1ccc(C2CCCCC2)cc1)c1ccccc1. The number of rotatable bonds is 5. The van der Waals surface area contributed by atoms with Crippen molar-refractivity contribution in [3.05, 3.63) is 65.7 Å². The third-order valence-corrected chi connectivity index (χ3v) is 5.85. The van der Waals surface area contributed by atoms with E-state index >= 15 is 0 Å². The van der Waals surface area contributed by atoms with Crippen molar-refractivity contribution in [2.75, 3.05) is 11.4 Å². The molecule has 136 valence electrons. The quantitative estimate of drug-likeness (QED) is 0.854. The first-order chi connectivity index (χ1) is 12.8. The molecule has 26 heavy (non-hydrogen) atoms. The van der Waals surface area contributed by atoms with Crippen LogP contribution in [0.4, 0.5) is 5.69 Å². The molecule has 0 unspecified atom stereocenters. The van der Waals surface area contributed by atoms with Gasteiger partial charge in [-0.2, -0.15) is 0 Å². The third-order valence-electron chi connectivity index (χ3n) is 5.85. The van der Waals surface area contributed by atoms with Crippen LogP contribution in [0, 0.1) is 0 Å². The highest BCUT2D eigenvalue weighted by molar-refractivity contribution is 5.97. The fourth-order valence-electron chi connectivity index (χ4n) is 4.11. The van der Waals surface area contributed by atoms with E-state index in [0.29, 0.717) is 6.54 Å². The lowest BCUT2D eigenvalue weighted by atomic mass is 9.84. The number of amides is 1. The zero-order chi connectivity index (χ0) is 17.8. The van der Waals surface area contributed by atoms with E-state index in [1.165, 1.54) is 43.2 Å². The molecule has 1 amide bonds. The Labute approximate surface area is 156 Å². The number of hydrogen-bond donors (Lipinski definition) is 1. The Kier molecular flexibility index (Phi) is 5.35. The molecule has 1 N–H and O–H groups in total. The molecule has 2 aromatic carbocycles. The van der Waals surface area contributed by atoms with Gasteiger partial charge >= 0.3 is 0 Å². The van der Waals surface area contributed by atoms with Crippen LogP contribution >= 0.6 is 0 Å². The van der Waals surface area contributed by atoms with Gasteiger partial charge in [0.25, 0.3) is 0 Å². The summed E-state index contributed by atoms with van der Waals surface area (Å²) in [6.45, 7) is 1.57. The highest BCUT2D eigenvalue weighted by Gasteiger charge is 2.29. The highest BCUT2D eigenvalue weighted by Crippen LogP contribution is 2.32. The molecule has 4 rings (SSSR count). The van der Waals surface area contributed by atoms with Crippen molar-refractivity contribution >= 4 is 11.6 Å². The molecular formula is C23H28N2O. The van der Waals surface area contributed by atoms with Crippen LogP contribution in [0.1, 0.15) is 55.6 Å². The molecule has 2 aromatic rings. The Balaban J connectivity index is 1.50. The molecule has 1 atom stereocenters. The Hall–Kier alpha value is -2.13. The van der Waals surface area contributed by atoms with Gasteiger partial charge in [0.15, 0.2) is 0 Å². The Morgan fingerprint density at radius 1 is 0.923 bits per heavy atom. The molecule has 3 nitrogen and oxygen atoms in total. The zero-order valence-corrected chi connectivity index (χ0v) is 15.4. The highest BCUT2D eigenvalue weighted by atomic mass is 16.2. The average Bonchev–Trinajstić information content (AvgIpc) is 2.66. The summed E-state index contributed by atoms with van der Waals surface area (Å²) in [5.41, 5.74) is 3.63. The number of nitrogens with one attached hydrogen (secondary N) is 1. The summed E-state index contributed by atoms with van der Waals surface area (Å²) in [6.07, 6.45) is 7.68. The maximum Gasteiger partial charge on any atom is 0.244 e. The van der Waals surface area contributed by atoms with Crippen LogP contribution in [0.5, 0.6) is 0 Å². The number of benzene rings is 2. The molecule has 0 aromatic heterocycles. The van der Waals surface area contributed by atoms with Gasteiger partial charge in [0.1, 0.15) is 0 Å². The van der Waals surface area contributed by atoms with Crippen molar-refractivity contribution in [1.82, 2.24) is 5.32 Å². The standard InChI is InChI=1S/C23H28N2O/c26-23(22-15-16-24-22)25(21-9-5-2-6-10-21)17-18-11-13-20(14-12-18)19-7-3-1-4-8-19/h2,5-6,9-14,19,22,24H,1,3-4,7-8,15-17H2/t22-/m1/s1. The summed E-state index contributed by atoms with van der Waals surface area (Å²) >= 11 is 0. The zero-order valence-electron chi connectivity index (χ0n) is 15.4. The normalized spacial score (nSPS) is 20.4. The topological polar surface area (TPSA) is 32.3 Å². The van der Waals surface area contributed by atoms with E-state index in [1.807, 2.05) is 35.2 Å². The number of nitrogens with zero attached hydrogens (tertiary/aromatic N) is 1. The van der Waals surface area contributed by atoms with E-state index in [0.717, 1.165) is 24.6 Å². The van der Waals surface area contributed by atoms with E-state index in [-0.39, 0.29) is 11.9 Å². The second-order valence-corrected chi connectivity index (χ2v) is 7.63. The number of hydrogen-bond acceptors (Lipinski definition) is 2. The fraction of sp³-hybridized carbons (Fsp3) is 0.435. The molecule has 1 heterocycles. The Bertz CT molecular complexity index is 716. The van der Waals surface area contributed by atoms with Gasteiger partial charge in [-0.1, -0.05) is 61.7 Å². The van der Waals surface area contributed by atoms with Crippen molar-refractivity contribution in [2.45, 2.75) is 57.0 Å². The summed E-state index contributed by atoms with van der Waals surface area (Å²) in [4.78, 5) is 14.8. The molecule has 1 aliphatic heterocycles. The van der Waals surface area contributed by atoms with Crippen LogP contribution < -0.4 is 10.2 Å². The van der Waals surface area contributed by atoms with Gasteiger partial charge in [0.05, 0.1) is 12.6 Å². The summed E-state index contributed by atoms with van der Waals surface area (Å²) in [5, 5.41) is 3.24. The lowest BCUT2D eigenvalue weighted by molar-refractivity contribution is -0.122. The minimum atomic E-state index is -0.0308. The van der Waals surface area contributed by atoms with Crippen molar-refractivity contribution in [2.24, 2.45) is 0 Å². The summed E-state index contributed by atoms with van der Waals surface area (Å²) in [6, 6.07) is 19.0. The van der Waals surface area contributed by atoms with Crippen LogP contribution in [-0.4, -0.2) is 18.5 Å². The predicted molar refractivity (Wildman–Crippen MR) is 106 cm³/mol. The maximum atomic E-state index is 12.9. The lowest BCUT2D eigenvalue weighted by Crippen LogP contribution is -2.54. The van der Waals surface area contributed by atoms with Gasteiger partial charge in [-0.3, -0.25) is 4.79 Å². The summed E-state index contributed by atoms with van der Waals surface area (Å²) in [5.74, 6) is 0.905. The van der Waals surface area contributed by atoms with Gasteiger partial charge in [0, 0.05) is 5.69 Å². The second-order valence-electron chi connectivity index (χ2n) is 7.63. The summed E-state index contributed by atoms with van der Waals surface area (Å²) < 4.78 is 0. The molecule has 1 saturated heterocycles. The minimum absolute atomic E-state index is 0.0308. The third kappa shape index (κ3) is 3.83. The number of para-hydroxylation sites is 1. The van der Waals surface area contributed by atoms with Crippen LogP contribution in [0.3, 0.4) is 0 Å². The first-order valence-electron chi connectivity index (χ1n) is 10.00. The minimum Gasteiger partial charge on any atom is -0.307 e.